The smallest absolute Gasteiger partial charge is 0.0834 e. The maximum absolute atomic E-state index is 10.5. The summed E-state index contributed by atoms with van der Waals surface area (Å²) in [5, 5.41) is 14.9. The molecule has 0 aliphatic carbocycles. The van der Waals surface area contributed by atoms with Crippen LogP contribution in [0.1, 0.15) is 39.7 Å². The molecule has 0 saturated carbocycles. The number of hydrogen-bond donors (Lipinski definition) is 1. The van der Waals surface area contributed by atoms with Crippen LogP contribution in [0.4, 0.5) is 0 Å². The van der Waals surface area contributed by atoms with Gasteiger partial charge < -0.3 is 5.11 Å². The first-order valence-electron chi connectivity index (χ1n) is 6.64. The van der Waals surface area contributed by atoms with E-state index in [2.05, 4.69) is 30.2 Å². The van der Waals surface area contributed by atoms with Crippen LogP contribution in [-0.2, 0) is 13.5 Å². The van der Waals surface area contributed by atoms with E-state index in [1.54, 1.807) is 0 Å². The van der Waals surface area contributed by atoms with E-state index in [-0.39, 0.29) is 0 Å². The highest BCUT2D eigenvalue weighted by atomic mass is 16.3. The zero-order valence-corrected chi connectivity index (χ0v) is 12.4. The van der Waals surface area contributed by atoms with Crippen molar-refractivity contribution in [2.45, 2.75) is 40.2 Å². The number of aliphatic hydroxyl groups excluding tert-OH is 1. The molecule has 0 saturated heterocycles. The van der Waals surface area contributed by atoms with Crippen LogP contribution in [0.25, 0.3) is 0 Å². The van der Waals surface area contributed by atoms with Crippen molar-refractivity contribution in [3.8, 4) is 0 Å². The molecule has 0 aliphatic rings. The monoisotopic (exact) mass is 258 g/mol. The molecule has 0 amide bonds. The third-order valence-corrected chi connectivity index (χ3v) is 3.85. The lowest BCUT2D eigenvalue weighted by molar-refractivity contribution is 0.177. The SMILES string of the molecule is Cc1ccc(C)c(C(O)Cc2c(C)nn(C)c2C)c1. The minimum atomic E-state index is -0.471. The number of nitrogens with zero attached hydrogens (tertiary/aromatic N) is 2. The Bertz CT molecular complexity index is 599. The van der Waals surface area contributed by atoms with Crippen LogP contribution in [0.5, 0.6) is 0 Å². The molecule has 1 atom stereocenters. The molecule has 19 heavy (non-hydrogen) atoms. The molecule has 1 aromatic carbocycles. The van der Waals surface area contributed by atoms with Crippen LogP contribution in [0.2, 0.25) is 0 Å². The summed E-state index contributed by atoms with van der Waals surface area (Å²) >= 11 is 0. The third kappa shape index (κ3) is 2.71. The van der Waals surface area contributed by atoms with Gasteiger partial charge in [-0.3, -0.25) is 4.68 Å². The van der Waals surface area contributed by atoms with Gasteiger partial charge in [-0.2, -0.15) is 5.10 Å². The molecule has 0 spiro atoms. The molecule has 3 nitrogen and oxygen atoms in total. The second-order valence-electron chi connectivity index (χ2n) is 5.35. The highest BCUT2D eigenvalue weighted by Crippen LogP contribution is 2.25. The van der Waals surface area contributed by atoms with Gasteiger partial charge in [0.15, 0.2) is 0 Å². The fourth-order valence-electron chi connectivity index (χ4n) is 2.54. The summed E-state index contributed by atoms with van der Waals surface area (Å²) in [5.41, 5.74) is 6.61. The number of hydrogen-bond acceptors (Lipinski definition) is 2. The zero-order chi connectivity index (χ0) is 14.2. The molecule has 0 radical (unpaired) electrons. The van der Waals surface area contributed by atoms with E-state index in [1.165, 1.54) is 5.56 Å². The Morgan fingerprint density at radius 3 is 2.47 bits per heavy atom. The highest BCUT2D eigenvalue weighted by molar-refractivity contribution is 5.34. The maximum Gasteiger partial charge on any atom is 0.0834 e. The molecule has 102 valence electrons. The van der Waals surface area contributed by atoms with Crippen molar-refractivity contribution in [1.29, 1.82) is 0 Å². The van der Waals surface area contributed by atoms with Crippen molar-refractivity contribution >= 4 is 0 Å². The van der Waals surface area contributed by atoms with Gasteiger partial charge in [-0.15, -0.1) is 0 Å². The minimum Gasteiger partial charge on any atom is -0.388 e. The molecule has 0 fully saturated rings. The van der Waals surface area contributed by atoms with E-state index < -0.39 is 6.10 Å². The van der Waals surface area contributed by atoms with E-state index >= 15 is 0 Å². The van der Waals surface area contributed by atoms with Gasteiger partial charge in [0, 0.05) is 19.2 Å². The summed E-state index contributed by atoms with van der Waals surface area (Å²) in [6, 6.07) is 6.21. The van der Waals surface area contributed by atoms with Crippen LogP contribution in [0, 0.1) is 27.7 Å². The van der Waals surface area contributed by atoms with Gasteiger partial charge in [-0.25, -0.2) is 0 Å². The summed E-state index contributed by atoms with van der Waals surface area (Å²) < 4.78 is 1.88. The molecule has 0 bridgehead atoms. The average molecular weight is 258 g/mol. The first-order chi connectivity index (χ1) is 8.90. The standard InChI is InChI=1S/C16H22N2O/c1-10-6-7-11(2)14(8-10)16(19)9-15-12(3)17-18(5)13(15)4/h6-8,16,19H,9H2,1-5H3. The molecule has 1 N–H and O–H groups in total. The second kappa shape index (κ2) is 5.17. The third-order valence-electron chi connectivity index (χ3n) is 3.85. The predicted octanol–water partition coefficient (Wildman–Crippen LogP) is 2.93. The van der Waals surface area contributed by atoms with Gasteiger partial charge in [0.25, 0.3) is 0 Å². The van der Waals surface area contributed by atoms with Crippen molar-refractivity contribution in [3.05, 3.63) is 51.8 Å². The Labute approximate surface area is 114 Å². The number of benzene rings is 1. The van der Waals surface area contributed by atoms with Crippen LogP contribution >= 0.6 is 0 Å². The fourth-order valence-corrected chi connectivity index (χ4v) is 2.54. The summed E-state index contributed by atoms with van der Waals surface area (Å²) in [6.07, 6.45) is 0.150. The van der Waals surface area contributed by atoms with Gasteiger partial charge >= 0.3 is 0 Å². The number of aromatic nitrogens is 2. The second-order valence-corrected chi connectivity index (χ2v) is 5.35. The van der Waals surface area contributed by atoms with Crippen molar-refractivity contribution < 1.29 is 5.11 Å². The zero-order valence-electron chi connectivity index (χ0n) is 12.4. The first kappa shape index (κ1) is 13.8. The lowest BCUT2D eigenvalue weighted by Crippen LogP contribution is -2.06. The molecular formula is C16H22N2O. The van der Waals surface area contributed by atoms with E-state index in [0.29, 0.717) is 6.42 Å². The Balaban J connectivity index is 2.30. The van der Waals surface area contributed by atoms with Gasteiger partial charge in [0.05, 0.1) is 11.8 Å². The van der Waals surface area contributed by atoms with Gasteiger partial charge in [0.2, 0.25) is 0 Å². The topological polar surface area (TPSA) is 38.1 Å². The average Bonchev–Trinajstić information content (AvgIpc) is 2.59. The largest absolute Gasteiger partial charge is 0.388 e. The van der Waals surface area contributed by atoms with Gasteiger partial charge in [-0.1, -0.05) is 23.8 Å². The molecule has 1 aromatic heterocycles. The van der Waals surface area contributed by atoms with Gasteiger partial charge in [0.1, 0.15) is 0 Å². The molecule has 1 unspecified atom stereocenters. The predicted molar refractivity (Wildman–Crippen MR) is 77.3 cm³/mol. The van der Waals surface area contributed by atoms with Crippen LogP contribution in [-0.4, -0.2) is 14.9 Å². The van der Waals surface area contributed by atoms with Gasteiger partial charge in [-0.05, 0) is 44.4 Å². The van der Waals surface area contributed by atoms with Crippen molar-refractivity contribution in [2.24, 2.45) is 7.05 Å². The van der Waals surface area contributed by atoms with Crippen LogP contribution < -0.4 is 0 Å². The molecule has 1 heterocycles. The fraction of sp³-hybridized carbons (Fsp3) is 0.438. The molecule has 2 aromatic rings. The first-order valence-corrected chi connectivity index (χ1v) is 6.64. The lowest BCUT2D eigenvalue weighted by atomic mass is 9.95. The normalized spacial score (nSPS) is 12.7. The summed E-state index contributed by atoms with van der Waals surface area (Å²) in [4.78, 5) is 0. The Morgan fingerprint density at radius 1 is 1.21 bits per heavy atom. The van der Waals surface area contributed by atoms with E-state index in [1.807, 2.05) is 32.5 Å². The summed E-state index contributed by atoms with van der Waals surface area (Å²) in [6.45, 7) is 8.14. The summed E-state index contributed by atoms with van der Waals surface area (Å²) in [7, 11) is 1.94. The van der Waals surface area contributed by atoms with E-state index in [0.717, 1.165) is 28.1 Å². The number of rotatable bonds is 3. The number of aliphatic hydroxyl groups is 1. The molecule has 3 heteroatoms. The van der Waals surface area contributed by atoms with E-state index in [9.17, 15) is 5.11 Å². The quantitative estimate of drug-likeness (QED) is 0.919. The van der Waals surface area contributed by atoms with Crippen LogP contribution in [0.15, 0.2) is 18.2 Å². The lowest BCUT2D eigenvalue weighted by Gasteiger charge is -2.15. The Hall–Kier alpha value is -1.61. The Kier molecular flexibility index (Phi) is 3.76. The molecule has 2 rings (SSSR count). The maximum atomic E-state index is 10.5. The van der Waals surface area contributed by atoms with Crippen LogP contribution in [0.3, 0.4) is 0 Å². The van der Waals surface area contributed by atoms with E-state index in [4.69, 9.17) is 0 Å². The van der Waals surface area contributed by atoms with Crippen molar-refractivity contribution in [1.82, 2.24) is 9.78 Å². The molecular weight excluding hydrogens is 236 g/mol. The highest BCUT2D eigenvalue weighted by Gasteiger charge is 2.17. The molecule has 0 aliphatic heterocycles. The summed E-state index contributed by atoms with van der Waals surface area (Å²) in [5.74, 6) is 0. The van der Waals surface area contributed by atoms with Crippen molar-refractivity contribution in [3.63, 3.8) is 0 Å². The number of aryl methyl sites for hydroxylation is 4. The Morgan fingerprint density at radius 2 is 1.89 bits per heavy atom. The van der Waals surface area contributed by atoms with Crippen molar-refractivity contribution in [2.75, 3.05) is 0 Å². The minimum absolute atomic E-state index is 0.471.